The predicted octanol–water partition coefficient (Wildman–Crippen LogP) is 2.51. The molecule has 0 unspecified atom stereocenters. The van der Waals surface area contributed by atoms with E-state index in [9.17, 15) is 0 Å². The molecule has 0 aliphatic carbocycles. The number of H-pyrrole nitrogens is 1. The average molecular weight is 316 g/mol. The number of ether oxygens (including phenoxy) is 1. The summed E-state index contributed by atoms with van der Waals surface area (Å²) in [5.41, 5.74) is 3.46. The molecule has 6 nitrogen and oxygen atoms in total. The molecule has 1 N–H and O–H groups in total. The second kappa shape index (κ2) is 5.55. The zero-order chi connectivity index (χ0) is 14.9. The number of benzene rings is 1. The molecule has 0 bridgehead atoms. The van der Waals surface area contributed by atoms with Gasteiger partial charge in [0.1, 0.15) is 11.0 Å². The Hall–Kier alpha value is -2.18. The number of aromatic amines is 1. The summed E-state index contributed by atoms with van der Waals surface area (Å²) < 4.78 is 5.40. The molecule has 4 rings (SSSR count). The summed E-state index contributed by atoms with van der Waals surface area (Å²) in [5.74, 6) is 0.606. The number of aromatic nitrogens is 4. The van der Waals surface area contributed by atoms with E-state index in [4.69, 9.17) is 16.3 Å². The lowest BCUT2D eigenvalue weighted by Gasteiger charge is -2.29. The molecule has 0 radical (unpaired) electrons. The number of anilines is 1. The van der Waals surface area contributed by atoms with E-state index < -0.39 is 0 Å². The molecule has 1 saturated heterocycles. The van der Waals surface area contributed by atoms with Gasteiger partial charge in [0.25, 0.3) is 0 Å². The number of fused-ring (bicyclic) bond motifs is 1. The van der Waals surface area contributed by atoms with Crippen molar-refractivity contribution in [2.45, 2.75) is 0 Å². The third kappa shape index (κ3) is 2.40. The van der Waals surface area contributed by atoms with Crippen LogP contribution in [-0.4, -0.2) is 46.5 Å². The van der Waals surface area contributed by atoms with Crippen LogP contribution >= 0.6 is 11.6 Å². The van der Waals surface area contributed by atoms with Crippen LogP contribution in [0.3, 0.4) is 0 Å². The Balaban J connectivity index is 1.74. The molecule has 2 aromatic heterocycles. The molecular weight excluding hydrogens is 302 g/mol. The second-order valence-electron chi connectivity index (χ2n) is 5.12. The number of halogens is 1. The van der Waals surface area contributed by atoms with Gasteiger partial charge in [0.2, 0.25) is 0 Å². The first-order valence-corrected chi connectivity index (χ1v) is 7.49. The van der Waals surface area contributed by atoms with Gasteiger partial charge in [-0.15, -0.1) is 0 Å². The first kappa shape index (κ1) is 13.5. The molecule has 0 spiro atoms. The predicted molar refractivity (Wildman–Crippen MR) is 85.2 cm³/mol. The van der Waals surface area contributed by atoms with Crippen LogP contribution in [-0.2, 0) is 4.74 Å². The zero-order valence-electron chi connectivity index (χ0n) is 11.8. The van der Waals surface area contributed by atoms with Gasteiger partial charge in [0, 0.05) is 24.3 Å². The van der Waals surface area contributed by atoms with Crippen molar-refractivity contribution >= 4 is 28.3 Å². The normalized spacial score (nSPS) is 15.4. The third-order valence-electron chi connectivity index (χ3n) is 3.74. The highest BCUT2D eigenvalue weighted by Crippen LogP contribution is 2.26. The summed E-state index contributed by atoms with van der Waals surface area (Å²) in [4.78, 5) is 11.2. The third-order valence-corrected chi connectivity index (χ3v) is 4.01. The molecule has 1 fully saturated rings. The fraction of sp³-hybridized carbons (Fsp3) is 0.267. The van der Waals surface area contributed by atoms with Gasteiger partial charge in [0.15, 0.2) is 11.0 Å². The van der Waals surface area contributed by atoms with Gasteiger partial charge in [-0.1, -0.05) is 23.7 Å². The quantitative estimate of drug-likeness (QED) is 0.736. The molecule has 1 aromatic carbocycles. The van der Waals surface area contributed by atoms with E-state index in [1.807, 2.05) is 12.1 Å². The van der Waals surface area contributed by atoms with E-state index in [0.29, 0.717) is 22.0 Å². The molecule has 0 amide bonds. The van der Waals surface area contributed by atoms with Crippen LogP contribution in [0.5, 0.6) is 0 Å². The lowest BCUT2D eigenvalue weighted by molar-refractivity contribution is 0.122. The van der Waals surface area contributed by atoms with Gasteiger partial charge >= 0.3 is 0 Å². The summed E-state index contributed by atoms with van der Waals surface area (Å²) in [6.45, 7) is 3.30. The van der Waals surface area contributed by atoms with Gasteiger partial charge in [-0.25, -0.2) is 9.97 Å². The van der Waals surface area contributed by atoms with E-state index >= 15 is 0 Å². The van der Waals surface area contributed by atoms with Crippen LogP contribution in [0.2, 0.25) is 5.15 Å². The van der Waals surface area contributed by atoms with Crippen molar-refractivity contribution in [2.75, 3.05) is 31.2 Å². The van der Waals surface area contributed by atoms with E-state index in [0.717, 1.165) is 37.6 Å². The molecule has 3 aromatic rings. The minimum atomic E-state index is 0.384. The fourth-order valence-corrected chi connectivity index (χ4v) is 2.82. The minimum Gasteiger partial charge on any atom is -0.378 e. The standard InChI is InChI=1S/C15H14ClN5O/c16-14-13-12(9-17-20-13)18-15(19-14)10-2-1-3-11(8-10)21-4-6-22-7-5-21/h1-3,8-9H,4-7H2,(H,17,20). The van der Waals surface area contributed by atoms with E-state index in [2.05, 4.69) is 37.2 Å². The summed E-state index contributed by atoms with van der Waals surface area (Å²) in [6, 6.07) is 8.17. The van der Waals surface area contributed by atoms with Crippen molar-refractivity contribution < 1.29 is 4.74 Å². The van der Waals surface area contributed by atoms with Crippen LogP contribution in [0.4, 0.5) is 5.69 Å². The van der Waals surface area contributed by atoms with E-state index in [1.54, 1.807) is 6.20 Å². The Morgan fingerprint density at radius 3 is 2.91 bits per heavy atom. The Morgan fingerprint density at radius 2 is 2.05 bits per heavy atom. The summed E-state index contributed by atoms with van der Waals surface area (Å²) >= 11 is 6.19. The van der Waals surface area contributed by atoms with Crippen molar-refractivity contribution in [3.05, 3.63) is 35.6 Å². The number of nitrogens with one attached hydrogen (secondary N) is 1. The first-order chi connectivity index (χ1) is 10.8. The molecule has 3 heterocycles. The van der Waals surface area contributed by atoms with Gasteiger partial charge in [-0.2, -0.15) is 5.10 Å². The number of nitrogens with zero attached hydrogens (tertiary/aromatic N) is 4. The fourth-order valence-electron chi connectivity index (χ4n) is 2.60. The van der Waals surface area contributed by atoms with Crippen LogP contribution < -0.4 is 4.90 Å². The van der Waals surface area contributed by atoms with Gasteiger partial charge in [0.05, 0.1) is 19.4 Å². The van der Waals surface area contributed by atoms with Crippen molar-refractivity contribution in [3.63, 3.8) is 0 Å². The van der Waals surface area contributed by atoms with Gasteiger partial charge in [-0.05, 0) is 12.1 Å². The number of rotatable bonds is 2. The van der Waals surface area contributed by atoms with Crippen molar-refractivity contribution in [1.29, 1.82) is 0 Å². The second-order valence-corrected chi connectivity index (χ2v) is 5.48. The SMILES string of the molecule is Clc1nc(-c2cccc(N3CCOCC3)c2)nc2cn[nH]c12. The Labute approximate surface area is 132 Å². The number of morpholine rings is 1. The lowest BCUT2D eigenvalue weighted by atomic mass is 10.1. The van der Waals surface area contributed by atoms with Crippen molar-refractivity contribution in [3.8, 4) is 11.4 Å². The van der Waals surface area contributed by atoms with Crippen LogP contribution in [0.25, 0.3) is 22.4 Å². The highest BCUT2D eigenvalue weighted by atomic mass is 35.5. The zero-order valence-corrected chi connectivity index (χ0v) is 12.5. The smallest absolute Gasteiger partial charge is 0.161 e. The maximum atomic E-state index is 6.19. The maximum Gasteiger partial charge on any atom is 0.161 e. The Morgan fingerprint density at radius 1 is 1.18 bits per heavy atom. The van der Waals surface area contributed by atoms with Crippen molar-refractivity contribution in [1.82, 2.24) is 20.2 Å². The molecule has 0 saturated carbocycles. The summed E-state index contributed by atoms with van der Waals surface area (Å²) in [7, 11) is 0. The van der Waals surface area contributed by atoms with E-state index in [-0.39, 0.29) is 0 Å². The largest absolute Gasteiger partial charge is 0.378 e. The van der Waals surface area contributed by atoms with Crippen LogP contribution in [0, 0.1) is 0 Å². The lowest BCUT2D eigenvalue weighted by Crippen LogP contribution is -2.36. The average Bonchev–Trinajstić information content (AvgIpc) is 3.05. The van der Waals surface area contributed by atoms with Crippen molar-refractivity contribution in [2.24, 2.45) is 0 Å². The molecule has 1 aliphatic rings. The van der Waals surface area contributed by atoms with Gasteiger partial charge in [-0.3, -0.25) is 5.10 Å². The van der Waals surface area contributed by atoms with Crippen LogP contribution in [0.15, 0.2) is 30.5 Å². The molecule has 22 heavy (non-hydrogen) atoms. The number of hydrogen-bond donors (Lipinski definition) is 1. The molecule has 0 atom stereocenters. The summed E-state index contributed by atoms with van der Waals surface area (Å²) in [5, 5.41) is 7.14. The highest BCUT2D eigenvalue weighted by molar-refractivity contribution is 6.33. The monoisotopic (exact) mass is 315 g/mol. The summed E-state index contributed by atoms with van der Waals surface area (Å²) in [6.07, 6.45) is 1.65. The van der Waals surface area contributed by atoms with Gasteiger partial charge < -0.3 is 9.64 Å². The Bertz CT molecular complexity index is 813. The number of hydrogen-bond acceptors (Lipinski definition) is 5. The Kier molecular flexibility index (Phi) is 3.40. The first-order valence-electron chi connectivity index (χ1n) is 7.11. The maximum absolute atomic E-state index is 6.19. The minimum absolute atomic E-state index is 0.384. The van der Waals surface area contributed by atoms with Crippen LogP contribution in [0.1, 0.15) is 0 Å². The molecule has 7 heteroatoms. The highest BCUT2D eigenvalue weighted by Gasteiger charge is 2.14. The topological polar surface area (TPSA) is 66.9 Å². The molecule has 1 aliphatic heterocycles. The van der Waals surface area contributed by atoms with E-state index in [1.165, 1.54) is 0 Å². The molecular formula is C15H14ClN5O. The molecule has 112 valence electrons.